The molecule has 1 atom stereocenters. The van der Waals surface area contributed by atoms with Gasteiger partial charge in [-0.1, -0.05) is 12.1 Å². The third kappa shape index (κ3) is 1.81. The second-order valence-electron chi connectivity index (χ2n) is 3.52. The van der Waals surface area contributed by atoms with Crippen LogP contribution in [0.1, 0.15) is 18.4 Å². The van der Waals surface area contributed by atoms with Crippen molar-refractivity contribution in [3.05, 3.63) is 42.1 Å². The fraction of sp³-hybridized carbons (Fsp3) is 0.167. The number of aliphatic carboxylic acids is 1. The summed E-state index contributed by atoms with van der Waals surface area (Å²) in [6.45, 7) is 1.68. The molecule has 0 spiro atoms. The zero-order chi connectivity index (χ0) is 10.8. The average molecular weight is 201 g/mol. The molecule has 0 aliphatic carbocycles. The summed E-state index contributed by atoms with van der Waals surface area (Å²) in [7, 11) is 0. The maximum Gasteiger partial charge on any atom is 0.310 e. The summed E-state index contributed by atoms with van der Waals surface area (Å²) in [4.78, 5) is 15.0. The molecule has 1 N–H and O–H groups in total. The maximum atomic E-state index is 10.8. The highest BCUT2D eigenvalue weighted by Gasteiger charge is 2.13. The van der Waals surface area contributed by atoms with Crippen molar-refractivity contribution in [1.82, 2.24) is 4.98 Å². The number of fused-ring (bicyclic) bond motifs is 1. The lowest BCUT2D eigenvalue weighted by Gasteiger charge is -2.07. The van der Waals surface area contributed by atoms with Crippen LogP contribution in [-0.4, -0.2) is 16.1 Å². The third-order valence-electron chi connectivity index (χ3n) is 2.50. The Hall–Kier alpha value is -1.90. The lowest BCUT2D eigenvalue weighted by Crippen LogP contribution is -2.07. The van der Waals surface area contributed by atoms with Crippen LogP contribution in [0.4, 0.5) is 0 Å². The summed E-state index contributed by atoms with van der Waals surface area (Å²) in [5.41, 5.74) is 1.70. The van der Waals surface area contributed by atoms with E-state index in [1.54, 1.807) is 13.1 Å². The van der Waals surface area contributed by atoms with Gasteiger partial charge in [-0.15, -0.1) is 0 Å². The van der Waals surface area contributed by atoms with Gasteiger partial charge >= 0.3 is 5.97 Å². The predicted octanol–water partition coefficient (Wildman–Crippen LogP) is 2.42. The molecule has 0 fully saturated rings. The summed E-state index contributed by atoms with van der Waals surface area (Å²) < 4.78 is 0. The molecule has 0 saturated carbocycles. The monoisotopic (exact) mass is 201 g/mol. The number of pyridine rings is 1. The molecule has 76 valence electrons. The number of benzene rings is 1. The Morgan fingerprint density at radius 1 is 1.40 bits per heavy atom. The number of carbonyl (C=O) groups is 1. The molecular weight excluding hydrogens is 190 g/mol. The second kappa shape index (κ2) is 3.69. The van der Waals surface area contributed by atoms with Crippen molar-refractivity contribution in [1.29, 1.82) is 0 Å². The molecular formula is C12H11NO2. The highest BCUT2D eigenvalue weighted by molar-refractivity contribution is 5.82. The molecule has 0 radical (unpaired) electrons. The molecule has 2 aromatic rings. The summed E-state index contributed by atoms with van der Waals surface area (Å²) in [6, 6.07) is 9.32. The Labute approximate surface area is 87.4 Å². The lowest BCUT2D eigenvalue weighted by molar-refractivity contribution is -0.138. The minimum absolute atomic E-state index is 0.477. The van der Waals surface area contributed by atoms with Gasteiger partial charge in [-0.3, -0.25) is 9.78 Å². The van der Waals surface area contributed by atoms with Gasteiger partial charge in [-0.25, -0.2) is 0 Å². The first-order chi connectivity index (χ1) is 7.18. The van der Waals surface area contributed by atoms with Crippen LogP contribution in [0.2, 0.25) is 0 Å². The van der Waals surface area contributed by atoms with Gasteiger partial charge in [0.2, 0.25) is 0 Å². The van der Waals surface area contributed by atoms with Gasteiger partial charge in [0.15, 0.2) is 0 Å². The minimum atomic E-state index is -0.807. The van der Waals surface area contributed by atoms with Crippen molar-refractivity contribution in [3.63, 3.8) is 0 Å². The fourth-order valence-electron chi connectivity index (χ4n) is 1.51. The van der Waals surface area contributed by atoms with Crippen LogP contribution in [0.3, 0.4) is 0 Å². The highest BCUT2D eigenvalue weighted by Crippen LogP contribution is 2.20. The number of carboxylic acid groups (broad SMARTS) is 1. The summed E-state index contributed by atoms with van der Waals surface area (Å²) in [5, 5.41) is 9.87. The van der Waals surface area contributed by atoms with E-state index >= 15 is 0 Å². The number of carboxylic acids is 1. The quantitative estimate of drug-likeness (QED) is 0.811. The molecule has 3 heteroatoms. The SMILES string of the molecule is CC(C(=O)O)c1ccc2ncccc2c1. The van der Waals surface area contributed by atoms with Crippen molar-refractivity contribution < 1.29 is 9.90 Å². The van der Waals surface area contributed by atoms with E-state index in [9.17, 15) is 4.79 Å². The van der Waals surface area contributed by atoms with Gasteiger partial charge in [0, 0.05) is 11.6 Å². The van der Waals surface area contributed by atoms with Crippen molar-refractivity contribution in [2.75, 3.05) is 0 Å². The molecule has 1 unspecified atom stereocenters. The van der Waals surface area contributed by atoms with Crippen molar-refractivity contribution in [3.8, 4) is 0 Å². The molecule has 1 aromatic carbocycles. The maximum absolute atomic E-state index is 10.8. The van der Waals surface area contributed by atoms with Gasteiger partial charge in [0.1, 0.15) is 0 Å². The fourth-order valence-corrected chi connectivity index (χ4v) is 1.51. The van der Waals surface area contributed by atoms with Crippen LogP contribution >= 0.6 is 0 Å². The molecule has 3 nitrogen and oxygen atoms in total. The predicted molar refractivity (Wildman–Crippen MR) is 57.8 cm³/mol. The molecule has 1 heterocycles. The Bertz CT molecular complexity index is 508. The van der Waals surface area contributed by atoms with Crippen molar-refractivity contribution >= 4 is 16.9 Å². The smallest absolute Gasteiger partial charge is 0.310 e. The van der Waals surface area contributed by atoms with Crippen molar-refractivity contribution in [2.24, 2.45) is 0 Å². The van der Waals surface area contributed by atoms with Crippen LogP contribution < -0.4 is 0 Å². The number of nitrogens with zero attached hydrogens (tertiary/aromatic N) is 1. The van der Waals surface area contributed by atoms with Crippen LogP contribution in [0.25, 0.3) is 10.9 Å². The average Bonchev–Trinajstić information content (AvgIpc) is 2.27. The van der Waals surface area contributed by atoms with Gasteiger partial charge < -0.3 is 5.11 Å². The van der Waals surface area contributed by atoms with E-state index in [0.29, 0.717) is 0 Å². The number of hydrogen-bond donors (Lipinski definition) is 1. The zero-order valence-electron chi connectivity index (χ0n) is 8.34. The van der Waals surface area contributed by atoms with E-state index in [-0.39, 0.29) is 0 Å². The summed E-state index contributed by atoms with van der Waals surface area (Å²) in [6.07, 6.45) is 1.72. The first kappa shape index (κ1) is 9.65. The zero-order valence-corrected chi connectivity index (χ0v) is 8.34. The summed E-state index contributed by atoms with van der Waals surface area (Å²) >= 11 is 0. The normalized spacial score (nSPS) is 12.6. The molecule has 0 saturated heterocycles. The number of rotatable bonds is 2. The Morgan fingerprint density at radius 3 is 2.93 bits per heavy atom. The van der Waals surface area contributed by atoms with E-state index in [2.05, 4.69) is 4.98 Å². The Morgan fingerprint density at radius 2 is 2.20 bits per heavy atom. The van der Waals surface area contributed by atoms with Crippen molar-refractivity contribution in [2.45, 2.75) is 12.8 Å². The van der Waals surface area contributed by atoms with Gasteiger partial charge in [-0.2, -0.15) is 0 Å². The molecule has 0 aliphatic rings. The molecule has 15 heavy (non-hydrogen) atoms. The molecule has 1 aromatic heterocycles. The number of hydrogen-bond acceptors (Lipinski definition) is 2. The molecule has 0 amide bonds. The first-order valence-corrected chi connectivity index (χ1v) is 4.76. The third-order valence-corrected chi connectivity index (χ3v) is 2.50. The topological polar surface area (TPSA) is 50.2 Å². The lowest BCUT2D eigenvalue weighted by atomic mass is 10.00. The van der Waals surface area contributed by atoms with Crippen LogP contribution in [-0.2, 0) is 4.79 Å². The molecule has 0 bridgehead atoms. The Balaban J connectivity index is 2.51. The van der Waals surface area contributed by atoms with E-state index in [1.807, 2.05) is 30.3 Å². The van der Waals surface area contributed by atoms with Crippen LogP contribution in [0, 0.1) is 0 Å². The highest BCUT2D eigenvalue weighted by atomic mass is 16.4. The second-order valence-corrected chi connectivity index (χ2v) is 3.52. The number of aromatic nitrogens is 1. The standard InChI is InChI=1S/C12H11NO2/c1-8(12(14)15)9-4-5-11-10(7-9)3-2-6-13-11/h2-8H,1H3,(H,14,15). The van der Waals surface area contributed by atoms with Gasteiger partial charge in [0.25, 0.3) is 0 Å². The van der Waals surface area contributed by atoms with E-state index in [1.165, 1.54) is 0 Å². The van der Waals surface area contributed by atoms with Gasteiger partial charge in [0.05, 0.1) is 11.4 Å². The van der Waals surface area contributed by atoms with Crippen LogP contribution in [0.15, 0.2) is 36.5 Å². The minimum Gasteiger partial charge on any atom is -0.481 e. The van der Waals surface area contributed by atoms with E-state index < -0.39 is 11.9 Å². The largest absolute Gasteiger partial charge is 0.481 e. The van der Waals surface area contributed by atoms with Gasteiger partial charge in [-0.05, 0) is 30.7 Å². The van der Waals surface area contributed by atoms with E-state index in [4.69, 9.17) is 5.11 Å². The first-order valence-electron chi connectivity index (χ1n) is 4.76. The summed E-state index contributed by atoms with van der Waals surface area (Å²) in [5.74, 6) is -1.28. The van der Waals surface area contributed by atoms with E-state index in [0.717, 1.165) is 16.5 Å². The molecule has 2 rings (SSSR count). The van der Waals surface area contributed by atoms with Crippen LogP contribution in [0.5, 0.6) is 0 Å². The molecule has 0 aliphatic heterocycles. The Kier molecular flexibility index (Phi) is 2.37.